The summed E-state index contributed by atoms with van der Waals surface area (Å²) in [6, 6.07) is 9.21. The van der Waals surface area contributed by atoms with Gasteiger partial charge in [0.2, 0.25) is 0 Å². The zero-order valence-electron chi connectivity index (χ0n) is 10.2. The largest absolute Gasteiger partial charge is 0.457 e. The van der Waals surface area contributed by atoms with Crippen molar-refractivity contribution in [3.05, 3.63) is 57.8 Å². The molecule has 1 unspecified atom stereocenters. The van der Waals surface area contributed by atoms with Crippen molar-refractivity contribution in [2.75, 3.05) is 0 Å². The van der Waals surface area contributed by atoms with Crippen LogP contribution in [-0.4, -0.2) is 0 Å². The van der Waals surface area contributed by atoms with Gasteiger partial charge in [-0.1, -0.05) is 29.3 Å². The van der Waals surface area contributed by atoms with Crippen LogP contribution in [-0.2, 0) is 0 Å². The van der Waals surface area contributed by atoms with Gasteiger partial charge in [0.15, 0.2) is 0 Å². The number of benzene rings is 2. The minimum Gasteiger partial charge on any atom is -0.457 e. The fourth-order valence-corrected chi connectivity index (χ4v) is 2.13. The number of halogens is 3. The standard InChI is InChI=1S/C14H12Cl2FNO/c1-8(18)11-4-2-9(6-12(11)15)19-10-3-5-14(17)13(16)7-10/h2-8H,18H2,1H3. The molecule has 2 aromatic rings. The van der Waals surface area contributed by atoms with E-state index in [1.165, 1.54) is 18.2 Å². The first-order chi connectivity index (χ1) is 8.97. The zero-order valence-corrected chi connectivity index (χ0v) is 11.7. The van der Waals surface area contributed by atoms with Gasteiger partial charge in [0.25, 0.3) is 0 Å². The van der Waals surface area contributed by atoms with Crippen LogP contribution in [0.4, 0.5) is 4.39 Å². The highest BCUT2D eigenvalue weighted by atomic mass is 35.5. The van der Waals surface area contributed by atoms with Gasteiger partial charge in [-0.2, -0.15) is 0 Å². The molecule has 0 aromatic heterocycles. The summed E-state index contributed by atoms with van der Waals surface area (Å²) in [6.45, 7) is 1.85. The molecule has 5 heteroatoms. The Balaban J connectivity index is 2.24. The Hall–Kier alpha value is -1.29. The maximum absolute atomic E-state index is 13.0. The molecule has 2 N–H and O–H groups in total. The lowest BCUT2D eigenvalue weighted by Gasteiger charge is -2.11. The van der Waals surface area contributed by atoms with E-state index in [9.17, 15) is 4.39 Å². The van der Waals surface area contributed by atoms with Crippen LogP contribution < -0.4 is 10.5 Å². The van der Waals surface area contributed by atoms with Gasteiger partial charge in [-0.15, -0.1) is 0 Å². The summed E-state index contributed by atoms with van der Waals surface area (Å²) in [6.07, 6.45) is 0. The minimum absolute atomic E-state index is 0.01000. The van der Waals surface area contributed by atoms with E-state index in [4.69, 9.17) is 33.7 Å². The second-order valence-electron chi connectivity index (χ2n) is 4.15. The normalized spacial score (nSPS) is 12.3. The Morgan fingerprint density at radius 1 is 1.05 bits per heavy atom. The predicted octanol–water partition coefficient (Wildman–Crippen LogP) is 4.94. The maximum Gasteiger partial charge on any atom is 0.142 e. The van der Waals surface area contributed by atoms with Gasteiger partial charge < -0.3 is 10.5 Å². The fraction of sp³-hybridized carbons (Fsp3) is 0.143. The van der Waals surface area contributed by atoms with Crippen molar-refractivity contribution >= 4 is 23.2 Å². The highest BCUT2D eigenvalue weighted by Crippen LogP contribution is 2.30. The van der Waals surface area contributed by atoms with Crippen molar-refractivity contribution in [2.24, 2.45) is 5.73 Å². The van der Waals surface area contributed by atoms with Crippen LogP contribution in [0.2, 0.25) is 10.0 Å². The lowest BCUT2D eigenvalue weighted by atomic mass is 10.1. The molecule has 0 aliphatic heterocycles. The monoisotopic (exact) mass is 299 g/mol. The molecule has 0 aliphatic rings. The number of rotatable bonds is 3. The van der Waals surface area contributed by atoms with Crippen LogP contribution >= 0.6 is 23.2 Å². The maximum atomic E-state index is 13.0. The van der Waals surface area contributed by atoms with E-state index in [-0.39, 0.29) is 11.1 Å². The molecular weight excluding hydrogens is 288 g/mol. The Kier molecular flexibility index (Phi) is 4.30. The van der Waals surface area contributed by atoms with Gasteiger partial charge in [0, 0.05) is 17.1 Å². The van der Waals surface area contributed by atoms with Crippen molar-refractivity contribution in [1.29, 1.82) is 0 Å². The molecule has 0 bridgehead atoms. The lowest BCUT2D eigenvalue weighted by molar-refractivity contribution is 0.480. The molecule has 0 amide bonds. The average molecular weight is 300 g/mol. The van der Waals surface area contributed by atoms with Crippen molar-refractivity contribution in [2.45, 2.75) is 13.0 Å². The lowest BCUT2D eigenvalue weighted by Crippen LogP contribution is -2.05. The average Bonchev–Trinajstić information content (AvgIpc) is 2.33. The summed E-state index contributed by atoms with van der Waals surface area (Å²) in [7, 11) is 0. The summed E-state index contributed by atoms with van der Waals surface area (Å²) in [4.78, 5) is 0. The molecule has 0 heterocycles. The third-order valence-electron chi connectivity index (χ3n) is 2.59. The second-order valence-corrected chi connectivity index (χ2v) is 4.96. The molecule has 0 aliphatic carbocycles. The summed E-state index contributed by atoms with van der Waals surface area (Å²) in [5, 5.41) is 0.538. The van der Waals surface area contributed by atoms with Crippen LogP contribution in [0.3, 0.4) is 0 Å². The number of hydrogen-bond donors (Lipinski definition) is 1. The van der Waals surface area contributed by atoms with E-state index in [1.807, 2.05) is 6.92 Å². The van der Waals surface area contributed by atoms with E-state index >= 15 is 0 Å². The number of ether oxygens (including phenoxy) is 1. The third-order valence-corrected chi connectivity index (χ3v) is 3.21. The minimum atomic E-state index is -0.487. The van der Waals surface area contributed by atoms with Gasteiger partial charge in [0.1, 0.15) is 17.3 Å². The van der Waals surface area contributed by atoms with E-state index < -0.39 is 5.82 Å². The molecule has 0 saturated heterocycles. The van der Waals surface area contributed by atoms with Crippen LogP contribution in [0.1, 0.15) is 18.5 Å². The Labute approximate surface area is 120 Å². The van der Waals surface area contributed by atoms with Crippen molar-refractivity contribution in [3.63, 3.8) is 0 Å². The number of nitrogens with two attached hydrogens (primary N) is 1. The molecular formula is C14H12Cl2FNO. The molecule has 0 fully saturated rings. The Bertz CT molecular complexity index is 602. The van der Waals surface area contributed by atoms with E-state index in [2.05, 4.69) is 0 Å². The highest BCUT2D eigenvalue weighted by molar-refractivity contribution is 6.31. The van der Waals surface area contributed by atoms with Gasteiger partial charge in [0.05, 0.1) is 5.02 Å². The van der Waals surface area contributed by atoms with Crippen LogP contribution in [0.15, 0.2) is 36.4 Å². The van der Waals surface area contributed by atoms with Crippen LogP contribution in [0, 0.1) is 5.82 Å². The smallest absolute Gasteiger partial charge is 0.142 e. The van der Waals surface area contributed by atoms with Crippen molar-refractivity contribution in [3.8, 4) is 11.5 Å². The first-order valence-electron chi connectivity index (χ1n) is 5.65. The second kappa shape index (κ2) is 5.78. The summed E-state index contributed by atoms with van der Waals surface area (Å²) in [5.41, 5.74) is 6.61. The van der Waals surface area contributed by atoms with Gasteiger partial charge >= 0.3 is 0 Å². The van der Waals surface area contributed by atoms with Gasteiger partial charge in [-0.3, -0.25) is 0 Å². The third kappa shape index (κ3) is 3.38. The van der Waals surface area contributed by atoms with E-state index in [1.54, 1.807) is 18.2 Å². The summed E-state index contributed by atoms with van der Waals surface area (Å²) < 4.78 is 18.6. The van der Waals surface area contributed by atoms with E-state index in [0.717, 1.165) is 5.56 Å². The molecule has 19 heavy (non-hydrogen) atoms. The topological polar surface area (TPSA) is 35.2 Å². The van der Waals surface area contributed by atoms with Crippen molar-refractivity contribution in [1.82, 2.24) is 0 Å². The first-order valence-corrected chi connectivity index (χ1v) is 6.41. The predicted molar refractivity (Wildman–Crippen MR) is 75.5 cm³/mol. The molecule has 2 rings (SSSR count). The molecule has 2 aromatic carbocycles. The fourth-order valence-electron chi connectivity index (χ4n) is 1.62. The Morgan fingerprint density at radius 3 is 2.16 bits per heavy atom. The summed E-state index contributed by atoms with van der Waals surface area (Å²) in [5.74, 6) is 0.493. The molecule has 1 atom stereocenters. The molecule has 0 saturated carbocycles. The Morgan fingerprint density at radius 2 is 1.63 bits per heavy atom. The number of hydrogen-bond acceptors (Lipinski definition) is 2. The van der Waals surface area contributed by atoms with Crippen LogP contribution in [0.25, 0.3) is 0 Å². The quantitative estimate of drug-likeness (QED) is 0.871. The van der Waals surface area contributed by atoms with Gasteiger partial charge in [-0.05, 0) is 36.8 Å². The highest BCUT2D eigenvalue weighted by Gasteiger charge is 2.08. The molecule has 0 radical (unpaired) electrons. The van der Waals surface area contributed by atoms with Crippen LogP contribution in [0.5, 0.6) is 11.5 Å². The molecule has 2 nitrogen and oxygen atoms in total. The zero-order chi connectivity index (χ0) is 14.0. The van der Waals surface area contributed by atoms with E-state index in [0.29, 0.717) is 16.5 Å². The van der Waals surface area contributed by atoms with Gasteiger partial charge in [-0.25, -0.2) is 4.39 Å². The van der Waals surface area contributed by atoms with Crippen molar-refractivity contribution < 1.29 is 9.13 Å². The SMILES string of the molecule is CC(N)c1ccc(Oc2ccc(F)c(Cl)c2)cc1Cl. The molecule has 100 valence electrons. The molecule has 0 spiro atoms. The first kappa shape index (κ1) is 14.1. The summed E-state index contributed by atoms with van der Waals surface area (Å²) >= 11 is 11.8.